The fourth-order valence-corrected chi connectivity index (χ4v) is 5.79. The maximum atomic E-state index is 6.81. The fraction of sp³-hybridized carbons (Fsp3) is 0.333. The van der Waals surface area contributed by atoms with Crippen LogP contribution < -0.4 is 14.4 Å². The molecular weight excluding hydrogens is 494 g/mol. The van der Waals surface area contributed by atoms with Crippen LogP contribution in [0.3, 0.4) is 0 Å². The summed E-state index contributed by atoms with van der Waals surface area (Å²) in [6.45, 7) is 3.71. The molecule has 4 aromatic rings. The van der Waals surface area contributed by atoms with Crippen LogP contribution in [-0.2, 0) is 18.7 Å². The molecule has 0 aliphatic carbocycles. The molecule has 2 aromatic carbocycles. The van der Waals surface area contributed by atoms with Crippen molar-refractivity contribution in [3.05, 3.63) is 70.5 Å². The van der Waals surface area contributed by atoms with Crippen LogP contribution in [0.15, 0.2) is 53.8 Å². The maximum absolute atomic E-state index is 6.81. The second-order valence-corrected chi connectivity index (χ2v) is 10.2. The summed E-state index contributed by atoms with van der Waals surface area (Å²) >= 11 is 8.42. The molecule has 5 rings (SSSR count). The number of methoxy groups -OCH3 is 2. The quantitative estimate of drug-likeness (QED) is 0.294. The van der Waals surface area contributed by atoms with Crippen LogP contribution in [0, 0.1) is 0 Å². The van der Waals surface area contributed by atoms with E-state index >= 15 is 0 Å². The molecule has 2 aromatic heterocycles. The Hall–Kier alpha value is -2.94. The van der Waals surface area contributed by atoms with E-state index in [-0.39, 0.29) is 0 Å². The van der Waals surface area contributed by atoms with E-state index in [0.29, 0.717) is 10.8 Å². The monoisotopic (exact) mass is 523 g/mol. The molecule has 0 amide bonds. The average molecular weight is 524 g/mol. The number of H-pyrrole nitrogens is 1. The zero-order valence-corrected chi connectivity index (χ0v) is 22.3. The van der Waals surface area contributed by atoms with Gasteiger partial charge in [-0.1, -0.05) is 35.5 Å². The van der Waals surface area contributed by atoms with Crippen LogP contribution in [0.25, 0.3) is 11.0 Å². The Kier molecular flexibility index (Phi) is 7.55. The number of ether oxygens (including phenoxy) is 2. The molecule has 1 aliphatic rings. The van der Waals surface area contributed by atoms with Crippen molar-refractivity contribution in [3.8, 4) is 11.5 Å². The van der Waals surface area contributed by atoms with E-state index in [1.165, 1.54) is 11.1 Å². The number of rotatable bonds is 9. The number of fused-ring (bicyclic) bond motifs is 2. The average Bonchev–Trinajstić information content (AvgIpc) is 3.33. The number of anilines is 1. The van der Waals surface area contributed by atoms with Gasteiger partial charge in [0, 0.05) is 45.2 Å². The van der Waals surface area contributed by atoms with E-state index in [1.807, 2.05) is 36.5 Å². The molecule has 36 heavy (non-hydrogen) atoms. The van der Waals surface area contributed by atoms with E-state index in [2.05, 4.69) is 43.9 Å². The number of thioether (sulfide) groups is 1. The lowest BCUT2D eigenvalue weighted by atomic mass is 9.99. The highest BCUT2D eigenvalue weighted by Gasteiger charge is 2.20. The molecule has 0 saturated carbocycles. The fourth-order valence-electron chi connectivity index (χ4n) is 4.55. The Balaban J connectivity index is 1.20. The number of hydrogen-bond donors (Lipinski definition) is 1. The maximum Gasteiger partial charge on any atom is 0.166 e. The molecule has 3 heterocycles. The van der Waals surface area contributed by atoms with Gasteiger partial charge in [-0.2, -0.15) is 0 Å². The van der Waals surface area contributed by atoms with Crippen molar-refractivity contribution >= 4 is 40.1 Å². The smallest absolute Gasteiger partial charge is 0.166 e. The van der Waals surface area contributed by atoms with Crippen LogP contribution in [0.1, 0.15) is 16.8 Å². The lowest BCUT2D eigenvalue weighted by Gasteiger charge is -2.31. The van der Waals surface area contributed by atoms with E-state index < -0.39 is 0 Å². The van der Waals surface area contributed by atoms with Gasteiger partial charge in [-0.05, 0) is 47.9 Å². The summed E-state index contributed by atoms with van der Waals surface area (Å²) in [6.07, 6.45) is 2.83. The lowest BCUT2D eigenvalue weighted by molar-refractivity contribution is 0.258. The summed E-state index contributed by atoms with van der Waals surface area (Å²) in [4.78, 5) is 17.2. The molecule has 1 N–H and O–H groups in total. The summed E-state index contributed by atoms with van der Waals surface area (Å²) in [6, 6.07) is 14.2. The summed E-state index contributed by atoms with van der Waals surface area (Å²) in [5, 5.41) is 1.57. The zero-order valence-electron chi connectivity index (χ0n) is 20.8. The first-order valence-electron chi connectivity index (χ1n) is 11.9. The molecule has 188 valence electrons. The van der Waals surface area contributed by atoms with Gasteiger partial charge in [0.1, 0.15) is 0 Å². The first kappa shape index (κ1) is 24.7. The van der Waals surface area contributed by atoms with Crippen LogP contribution in [0.5, 0.6) is 11.5 Å². The Morgan fingerprint density at radius 2 is 1.89 bits per heavy atom. The number of aromatic amines is 1. The standard InChI is InChI=1S/C27H30ClN5O2S/c1-32(12-13-33-11-9-18-14-24(34-2)25(35-3)15-19(18)16-33)23-8-10-29-22(26(23)28)17-36-27-30-20-6-4-5-7-21(20)31-27/h4-8,10,14-15H,9,11-13,16-17H2,1-3H3,(H,30,31). The van der Waals surface area contributed by atoms with Crippen molar-refractivity contribution in [3.63, 3.8) is 0 Å². The van der Waals surface area contributed by atoms with Gasteiger partial charge in [-0.15, -0.1) is 0 Å². The number of nitrogens with zero attached hydrogens (tertiary/aromatic N) is 4. The molecule has 0 spiro atoms. The normalized spacial score (nSPS) is 13.6. The number of likely N-dealkylation sites (N-methyl/N-ethyl adjacent to an activating group) is 1. The van der Waals surface area contributed by atoms with Crippen LogP contribution in [0.2, 0.25) is 5.02 Å². The van der Waals surface area contributed by atoms with Crippen LogP contribution in [-0.4, -0.2) is 60.8 Å². The van der Waals surface area contributed by atoms with Gasteiger partial charge < -0.3 is 19.4 Å². The van der Waals surface area contributed by atoms with E-state index in [0.717, 1.165) is 71.7 Å². The summed E-state index contributed by atoms with van der Waals surface area (Å²) in [5.41, 5.74) is 6.49. The number of pyridine rings is 1. The summed E-state index contributed by atoms with van der Waals surface area (Å²) in [5.74, 6) is 2.23. The second kappa shape index (κ2) is 11.0. The lowest BCUT2D eigenvalue weighted by Crippen LogP contribution is -2.37. The highest BCUT2D eigenvalue weighted by atomic mass is 35.5. The van der Waals surface area contributed by atoms with Crippen LogP contribution in [0.4, 0.5) is 5.69 Å². The number of benzene rings is 2. The molecular formula is C27H30ClN5O2S. The van der Waals surface area contributed by atoms with Crippen LogP contribution >= 0.6 is 23.4 Å². The summed E-state index contributed by atoms with van der Waals surface area (Å²) in [7, 11) is 5.45. The molecule has 1 aliphatic heterocycles. The van der Waals surface area contributed by atoms with Gasteiger partial charge in [0.25, 0.3) is 0 Å². The van der Waals surface area contributed by atoms with E-state index in [9.17, 15) is 0 Å². The first-order valence-corrected chi connectivity index (χ1v) is 13.3. The molecule has 0 atom stereocenters. The Morgan fingerprint density at radius 3 is 2.67 bits per heavy atom. The number of halogens is 1. The predicted molar refractivity (Wildman–Crippen MR) is 147 cm³/mol. The highest BCUT2D eigenvalue weighted by molar-refractivity contribution is 7.98. The third-order valence-electron chi connectivity index (χ3n) is 6.61. The van der Waals surface area contributed by atoms with Crippen molar-refractivity contribution in [1.82, 2.24) is 19.9 Å². The third-order valence-corrected chi connectivity index (χ3v) is 7.91. The zero-order chi connectivity index (χ0) is 25.1. The molecule has 0 bridgehead atoms. The van der Waals surface area contributed by atoms with Gasteiger partial charge in [0.15, 0.2) is 16.7 Å². The molecule has 0 saturated heterocycles. The third kappa shape index (κ3) is 5.26. The molecule has 7 nitrogen and oxygen atoms in total. The van der Waals surface area contributed by atoms with Gasteiger partial charge in [0.2, 0.25) is 0 Å². The van der Waals surface area contributed by atoms with E-state index in [4.69, 9.17) is 21.1 Å². The SMILES string of the molecule is COc1cc2c(cc1OC)CN(CCN(C)c1ccnc(CSc3nc4ccccc4[nH]3)c1Cl)CC2. The second-order valence-electron chi connectivity index (χ2n) is 8.86. The predicted octanol–water partition coefficient (Wildman–Crippen LogP) is 5.42. The van der Waals surface area contributed by atoms with Crippen molar-refractivity contribution in [2.45, 2.75) is 23.9 Å². The molecule has 9 heteroatoms. The van der Waals surface area contributed by atoms with Crippen molar-refractivity contribution in [1.29, 1.82) is 0 Å². The van der Waals surface area contributed by atoms with Crippen molar-refractivity contribution in [2.24, 2.45) is 0 Å². The minimum Gasteiger partial charge on any atom is -0.493 e. The number of imidazole rings is 1. The molecule has 0 unspecified atom stereocenters. The number of para-hydroxylation sites is 2. The summed E-state index contributed by atoms with van der Waals surface area (Å²) < 4.78 is 11.0. The van der Waals surface area contributed by atoms with Crippen molar-refractivity contribution < 1.29 is 9.47 Å². The number of aromatic nitrogens is 3. The molecule has 0 fully saturated rings. The van der Waals surface area contributed by atoms with Gasteiger partial charge in [-0.3, -0.25) is 9.88 Å². The van der Waals surface area contributed by atoms with Gasteiger partial charge >= 0.3 is 0 Å². The van der Waals surface area contributed by atoms with Gasteiger partial charge in [-0.25, -0.2) is 4.98 Å². The van der Waals surface area contributed by atoms with Crippen molar-refractivity contribution in [2.75, 3.05) is 45.8 Å². The Bertz CT molecular complexity index is 1330. The Morgan fingerprint density at radius 1 is 1.11 bits per heavy atom. The topological polar surface area (TPSA) is 66.5 Å². The molecule has 0 radical (unpaired) electrons. The minimum atomic E-state index is 0.647. The highest BCUT2D eigenvalue weighted by Crippen LogP contribution is 2.34. The number of nitrogens with one attached hydrogen (secondary N) is 1. The van der Waals surface area contributed by atoms with Gasteiger partial charge in [0.05, 0.1) is 41.7 Å². The Labute approximate surface area is 220 Å². The van der Waals surface area contributed by atoms with E-state index in [1.54, 1.807) is 26.0 Å². The number of hydrogen-bond acceptors (Lipinski definition) is 7. The largest absolute Gasteiger partial charge is 0.493 e. The first-order chi connectivity index (χ1) is 17.6. The minimum absolute atomic E-state index is 0.647.